The molecule has 1 saturated carbocycles. The molecule has 0 saturated heterocycles. The fraction of sp³-hybridized carbons (Fsp3) is 0.545. The largest absolute Gasteiger partial charge is 0.488 e. The summed E-state index contributed by atoms with van der Waals surface area (Å²) in [4.78, 5) is 3.39. The molecule has 0 atom stereocenters. The molecule has 0 spiro atoms. The Kier molecular flexibility index (Phi) is 2.78. The van der Waals surface area contributed by atoms with E-state index in [2.05, 4.69) is 4.98 Å². The molecule has 0 bridgehead atoms. The molecule has 1 aromatic heterocycles. The third kappa shape index (κ3) is 2.28. The first-order chi connectivity index (χ1) is 7.52. The smallest absolute Gasteiger partial charge is 0.437 e. The summed E-state index contributed by atoms with van der Waals surface area (Å²) in [6, 6.07) is 1.58. The first-order valence-corrected chi connectivity index (χ1v) is 5.24. The van der Waals surface area contributed by atoms with Crippen LogP contribution in [0.1, 0.15) is 31.0 Å². The Bertz CT molecular complexity index is 385. The Morgan fingerprint density at radius 2 is 2.12 bits per heavy atom. The van der Waals surface area contributed by atoms with Gasteiger partial charge in [0.2, 0.25) is 0 Å². The van der Waals surface area contributed by atoms with Crippen LogP contribution in [0.4, 0.5) is 13.2 Å². The number of hydrogen-bond donors (Lipinski definition) is 0. The number of hydrogen-bond acceptors (Lipinski definition) is 2. The first kappa shape index (κ1) is 11.2. The van der Waals surface area contributed by atoms with E-state index in [1.165, 1.54) is 6.20 Å². The molecule has 88 valence electrons. The maximum Gasteiger partial charge on any atom is 0.437 e. The lowest BCUT2D eigenvalue weighted by Gasteiger charge is -2.15. The number of rotatable bonds is 3. The van der Waals surface area contributed by atoms with Gasteiger partial charge >= 0.3 is 6.18 Å². The molecular weight excluding hydrogens is 219 g/mol. The second-order valence-electron chi connectivity index (χ2n) is 3.82. The van der Waals surface area contributed by atoms with E-state index in [9.17, 15) is 13.2 Å². The van der Waals surface area contributed by atoms with Crippen LogP contribution >= 0.6 is 0 Å². The average molecular weight is 231 g/mol. The van der Waals surface area contributed by atoms with E-state index in [0.717, 1.165) is 12.8 Å². The van der Waals surface area contributed by atoms with Gasteiger partial charge in [0.25, 0.3) is 0 Å². The zero-order valence-corrected chi connectivity index (χ0v) is 8.84. The molecule has 2 nitrogen and oxygen atoms in total. The van der Waals surface area contributed by atoms with Gasteiger partial charge in [0.15, 0.2) is 11.4 Å². The summed E-state index contributed by atoms with van der Waals surface area (Å²) >= 11 is 0. The lowest BCUT2D eigenvalue weighted by atomic mass is 10.1. The number of aryl methyl sites for hydroxylation is 1. The van der Waals surface area contributed by atoms with Crippen LogP contribution in [0.3, 0.4) is 0 Å². The van der Waals surface area contributed by atoms with Crippen LogP contribution in [0.15, 0.2) is 12.3 Å². The first-order valence-electron chi connectivity index (χ1n) is 5.24. The zero-order chi connectivity index (χ0) is 11.8. The Balaban J connectivity index is 2.41. The molecule has 5 heteroatoms. The maximum absolute atomic E-state index is 12.7. The number of alkyl halides is 3. The molecule has 0 N–H and O–H groups in total. The summed E-state index contributed by atoms with van der Waals surface area (Å²) in [5, 5.41) is 0. The highest BCUT2D eigenvalue weighted by atomic mass is 19.4. The Labute approximate surface area is 91.4 Å². The summed E-state index contributed by atoms with van der Waals surface area (Å²) < 4.78 is 43.4. The third-order valence-corrected chi connectivity index (χ3v) is 2.44. The fourth-order valence-electron chi connectivity index (χ4n) is 1.45. The summed E-state index contributed by atoms with van der Waals surface area (Å²) in [7, 11) is 0. The van der Waals surface area contributed by atoms with E-state index in [0.29, 0.717) is 12.0 Å². The summed E-state index contributed by atoms with van der Waals surface area (Å²) in [5.41, 5.74) is -0.340. The minimum Gasteiger partial charge on any atom is -0.488 e. The molecule has 1 fully saturated rings. The van der Waals surface area contributed by atoms with Crippen molar-refractivity contribution in [3.05, 3.63) is 23.5 Å². The number of nitrogens with zero attached hydrogens (tertiary/aromatic N) is 1. The highest BCUT2D eigenvalue weighted by Crippen LogP contribution is 2.39. The molecule has 1 aliphatic carbocycles. The highest BCUT2D eigenvalue weighted by Gasteiger charge is 2.39. The summed E-state index contributed by atoms with van der Waals surface area (Å²) in [6.45, 7) is 1.80. The molecule has 0 aliphatic heterocycles. The summed E-state index contributed by atoms with van der Waals surface area (Å²) in [6.07, 6.45) is -1.16. The molecule has 2 rings (SSSR count). The van der Waals surface area contributed by atoms with Crippen LogP contribution < -0.4 is 4.74 Å². The lowest BCUT2D eigenvalue weighted by Crippen LogP contribution is -2.13. The van der Waals surface area contributed by atoms with Crippen molar-refractivity contribution >= 4 is 0 Å². The Hall–Kier alpha value is -1.26. The van der Waals surface area contributed by atoms with Crippen LogP contribution in [-0.4, -0.2) is 11.1 Å². The third-order valence-electron chi connectivity index (χ3n) is 2.44. The SMILES string of the molecule is CCc1ccnc(C(F)(F)F)c1OC1CC1. The van der Waals surface area contributed by atoms with Gasteiger partial charge in [-0.3, -0.25) is 0 Å². The second kappa shape index (κ2) is 3.96. The van der Waals surface area contributed by atoms with Gasteiger partial charge in [0.1, 0.15) is 0 Å². The van der Waals surface area contributed by atoms with Crippen molar-refractivity contribution in [2.45, 2.75) is 38.5 Å². The topological polar surface area (TPSA) is 22.1 Å². The molecule has 1 heterocycles. The van der Waals surface area contributed by atoms with E-state index in [1.54, 1.807) is 13.0 Å². The van der Waals surface area contributed by atoms with Gasteiger partial charge < -0.3 is 4.74 Å². The highest BCUT2D eigenvalue weighted by molar-refractivity contribution is 5.39. The van der Waals surface area contributed by atoms with Gasteiger partial charge in [-0.15, -0.1) is 0 Å². The van der Waals surface area contributed by atoms with Crippen molar-refractivity contribution in [3.8, 4) is 5.75 Å². The van der Waals surface area contributed by atoms with E-state index in [4.69, 9.17) is 4.74 Å². The van der Waals surface area contributed by atoms with Gasteiger partial charge in [-0.05, 0) is 30.9 Å². The molecule has 0 amide bonds. The van der Waals surface area contributed by atoms with Crippen LogP contribution in [0.2, 0.25) is 0 Å². The standard InChI is InChI=1S/C11H12F3NO/c1-2-7-5-6-15-10(11(12,13)14)9(7)16-8-3-4-8/h5-6,8H,2-4H2,1H3. The van der Waals surface area contributed by atoms with E-state index in [-0.39, 0.29) is 11.9 Å². The predicted octanol–water partition coefficient (Wildman–Crippen LogP) is 3.20. The van der Waals surface area contributed by atoms with Crippen molar-refractivity contribution < 1.29 is 17.9 Å². The summed E-state index contributed by atoms with van der Waals surface area (Å²) in [5.74, 6) is -0.0833. The van der Waals surface area contributed by atoms with Crippen LogP contribution in [0, 0.1) is 0 Å². The van der Waals surface area contributed by atoms with Gasteiger partial charge in [0, 0.05) is 6.20 Å². The van der Waals surface area contributed by atoms with Gasteiger partial charge in [-0.1, -0.05) is 6.92 Å². The Morgan fingerprint density at radius 1 is 1.44 bits per heavy atom. The molecule has 0 aromatic carbocycles. The van der Waals surface area contributed by atoms with E-state index in [1.807, 2.05) is 0 Å². The van der Waals surface area contributed by atoms with Gasteiger partial charge in [0.05, 0.1) is 6.10 Å². The molecule has 0 unspecified atom stereocenters. The van der Waals surface area contributed by atoms with Gasteiger partial charge in [-0.25, -0.2) is 4.98 Å². The molecular formula is C11H12F3NO. The predicted molar refractivity (Wildman–Crippen MR) is 52.3 cm³/mol. The number of aromatic nitrogens is 1. The monoisotopic (exact) mass is 231 g/mol. The van der Waals surface area contributed by atoms with Crippen molar-refractivity contribution in [2.24, 2.45) is 0 Å². The zero-order valence-electron chi connectivity index (χ0n) is 8.84. The average Bonchev–Trinajstić information content (AvgIpc) is 3.00. The molecule has 1 aromatic rings. The normalized spacial score (nSPS) is 16.2. The fourth-order valence-corrected chi connectivity index (χ4v) is 1.45. The second-order valence-corrected chi connectivity index (χ2v) is 3.82. The maximum atomic E-state index is 12.7. The van der Waals surface area contributed by atoms with Gasteiger partial charge in [-0.2, -0.15) is 13.2 Å². The molecule has 0 radical (unpaired) electrons. The number of pyridine rings is 1. The molecule has 1 aliphatic rings. The minimum atomic E-state index is -4.45. The molecule has 16 heavy (non-hydrogen) atoms. The number of ether oxygens (including phenoxy) is 1. The van der Waals surface area contributed by atoms with Crippen LogP contribution in [0.25, 0.3) is 0 Å². The minimum absolute atomic E-state index is 0.0596. The van der Waals surface area contributed by atoms with Crippen molar-refractivity contribution in [1.82, 2.24) is 4.98 Å². The van der Waals surface area contributed by atoms with Crippen molar-refractivity contribution in [3.63, 3.8) is 0 Å². The van der Waals surface area contributed by atoms with Crippen LogP contribution in [0.5, 0.6) is 5.75 Å². The van der Waals surface area contributed by atoms with E-state index < -0.39 is 11.9 Å². The lowest BCUT2D eigenvalue weighted by molar-refractivity contribution is -0.142. The van der Waals surface area contributed by atoms with Crippen LogP contribution in [-0.2, 0) is 12.6 Å². The van der Waals surface area contributed by atoms with E-state index >= 15 is 0 Å². The number of halogens is 3. The quantitative estimate of drug-likeness (QED) is 0.796. The van der Waals surface area contributed by atoms with Crippen molar-refractivity contribution in [1.29, 1.82) is 0 Å². The Morgan fingerprint density at radius 3 is 2.62 bits per heavy atom. The van der Waals surface area contributed by atoms with Crippen molar-refractivity contribution in [2.75, 3.05) is 0 Å².